The van der Waals surface area contributed by atoms with E-state index >= 15 is 0 Å². The zero-order valence-corrected chi connectivity index (χ0v) is 5.95. The summed E-state index contributed by atoms with van der Waals surface area (Å²) in [5.74, 6) is 0.0905. The van der Waals surface area contributed by atoms with Gasteiger partial charge in [-0.15, -0.1) is 5.06 Å². The first-order chi connectivity index (χ1) is 5.25. The average Bonchev–Trinajstić information content (AvgIpc) is 2.64. The van der Waals surface area contributed by atoms with Gasteiger partial charge < -0.3 is 4.84 Å². The number of hydrogen-bond donors (Lipinski definition) is 0. The summed E-state index contributed by atoms with van der Waals surface area (Å²) >= 11 is 0. The van der Waals surface area contributed by atoms with Crippen molar-refractivity contribution in [1.29, 1.82) is 0 Å². The molecular weight excluding hydrogens is 148 g/mol. The van der Waals surface area contributed by atoms with E-state index in [-0.39, 0.29) is 18.9 Å². The van der Waals surface area contributed by atoms with Gasteiger partial charge in [-0.2, -0.15) is 0 Å². The summed E-state index contributed by atoms with van der Waals surface area (Å²) in [5.41, 5.74) is 0. The van der Waals surface area contributed by atoms with Crippen molar-refractivity contribution in [2.45, 2.75) is 0 Å². The Morgan fingerprint density at radius 2 is 2.00 bits per heavy atom. The Morgan fingerprint density at radius 1 is 1.36 bits per heavy atom. The smallest absolute Gasteiger partial charge is 0.351 e. The quantitative estimate of drug-likeness (QED) is 0.468. The van der Waals surface area contributed by atoms with Gasteiger partial charge in [0.2, 0.25) is 0 Å². The van der Waals surface area contributed by atoms with Crippen LogP contribution in [-0.2, 0) is 9.63 Å². The van der Waals surface area contributed by atoms with Crippen molar-refractivity contribution in [2.24, 2.45) is 0 Å². The average molecular weight is 156 g/mol. The van der Waals surface area contributed by atoms with Crippen LogP contribution in [0.3, 0.4) is 0 Å². The number of Topliss-reactive ketones (excluding diaryl/α,β-unsaturated/α-hetero) is 1. The van der Waals surface area contributed by atoms with Crippen molar-refractivity contribution in [3.63, 3.8) is 0 Å². The standard InChI is InChI=1S/C6H8N2O3/c9-5-3-7(4-5)6(10)11-8-1-2-8/h1-4H2. The molecule has 0 aliphatic carbocycles. The molecule has 0 radical (unpaired) electrons. The largest absolute Gasteiger partial charge is 0.429 e. The van der Waals surface area contributed by atoms with Crippen LogP contribution in [0.1, 0.15) is 0 Å². The molecule has 60 valence electrons. The third-order valence-electron chi connectivity index (χ3n) is 1.61. The second-order valence-electron chi connectivity index (χ2n) is 2.68. The highest BCUT2D eigenvalue weighted by Gasteiger charge is 2.33. The molecular formula is C6H8N2O3. The fraction of sp³-hybridized carbons (Fsp3) is 0.667. The van der Waals surface area contributed by atoms with E-state index in [2.05, 4.69) is 0 Å². The molecule has 2 heterocycles. The van der Waals surface area contributed by atoms with Gasteiger partial charge in [0, 0.05) is 0 Å². The Morgan fingerprint density at radius 3 is 2.45 bits per heavy atom. The van der Waals surface area contributed by atoms with E-state index in [0.29, 0.717) is 0 Å². The maximum Gasteiger partial charge on any atom is 0.429 e. The summed E-state index contributed by atoms with van der Waals surface area (Å²) < 4.78 is 0. The lowest BCUT2D eigenvalue weighted by Crippen LogP contribution is -2.51. The molecule has 0 unspecified atom stereocenters. The third kappa shape index (κ3) is 1.32. The van der Waals surface area contributed by atoms with Crippen LogP contribution in [0, 0.1) is 0 Å². The van der Waals surface area contributed by atoms with E-state index in [0.717, 1.165) is 13.1 Å². The van der Waals surface area contributed by atoms with Crippen molar-refractivity contribution >= 4 is 11.9 Å². The van der Waals surface area contributed by atoms with E-state index in [1.165, 1.54) is 4.90 Å². The number of likely N-dealkylation sites (tertiary alicyclic amines) is 1. The first-order valence-corrected chi connectivity index (χ1v) is 3.49. The van der Waals surface area contributed by atoms with Gasteiger partial charge in [0.15, 0.2) is 5.78 Å². The minimum Gasteiger partial charge on any atom is -0.351 e. The lowest BCUT2D eigenvalue weighted by molar-refractivity contribution is -0.129. The van der Waals surface area contributed by atoms with Crippen LogP contribution in [0.2, 0.25) is 0 Å². The Balaban J connectivity index is 1.76. The number of rotatable bonds is 1. The molecule has 0 bridgehead atoms. The first kappa shape index (κ1) is 6.60. The lowest BCUT2D eigenvalue weighted by Gasteiger charge is -2.27. The topological polar surface area (TPSA) is 49.6 Å². The number of amides is 1. The van der Waals surface area contributed by atoms with Crippen LogP contribution < -0.4 is 0 Å². The van der Waals surface area contributed by atoms with Gasteiger partial charge in [0.05, 0.1) is 26.2 Å². The Kier molecular flexibility index (Phi) is 1.32. The maximum atomic E-state index is 10.9. The van der Waals surface area contributed by atoms with E-state index in [9.17, 15) is 9.59 Å². The molecule has 2 rings (SSSR count). The Hall–Kier alpha value is -1.10. The lowest BCUT2D eigenvalue weighted by atomic mass is 10.2. The molecule has 2 aliphatic rings. The molecule has 5 nitrogen and oxygen atoms in total. The highest BCUT2D eigenvalue weighted by atomic mass is 16.7. The van der Waals surface area contributed by atoms with Crippen molar-refractivity contribution in [3.05, 3.63) is 0 Å². The van der Waals surface area contributed by atoms with Crippen LogP contribution >= 0.6 is 0 Å². The molecule has 0 spiro atoms. The van der Waals surface area contributed by atoms with Gasteiger partial charge in [-0.05, 0) is 0 Å². The van der Waals surface area contributed by atoms with Gasteiger partial charge in [0.1, 0.15) is 0 Å². The second kappa shape index (κ2) is 2.20. The van der Waals surface area contributed by atoms with Crippen molar-refractivity contribution < 1.29 is 14.4 Å². The predicted octanol–water partition coefficient (Wildman–Crippen LogP) is -0.762. The number of hydroxylamine groups is 2. The number of nitrogens with zero attached hydrogens (tertiary/aromatic N) is 2. The summed E-state index contributed by atoms with van der Waals surface area (Å²) in [5, 5.41) is 1.55. The Bertz CT molecular complexity index is 204. The molecule has 0 saturated carbocycles. The van der Waals surface area contributed by atoms with E-state index in [1.54, 1.807) is 5.06 Å². The molecule has 0 aromatic carbocycles. The minimum absolute atomic E-state index is 0.0905. The normalized spacial score (nSPS) is 22.9. The van der Waals surface area contributed by atoms with Crippen molar-refractivity contribution in [2.75, 3.05) is 26.2 Å². The van der Waals surface area contributed by atoms with Gasteiger partial charge in [0.25, 0.3) is 0 Å². The Labute approximate surface area is 63.5 Å². The molecule has 0 aromatic heterocycles. The van der Waals surface area contributed by atoms with E-state index in [1.807, 2.05) is 0 Å². The SMILES string of the molecule is O=C1CN(C(=O)ON2CC2)C1. The number of hydrogen-bond acceptors (Lipinski definition) is 4. The molecule has 5 heteroatoms. The summed E-state index contributed by atoms with van der Waals surface area (Å²) in [6, 6.07) is 0. The zero-order valence-electron chi connectivity index (χ0n) is 5.95. The zero-order chi connectivity index (χ0) is 7.84. The van der Waals surface area contributed by atoms with Gasteiger partial charge in [-0.25, -0.2) is 4.79 Å². The second-order valence-corrected chi connectivity index (χ2v) is 2.68. The predicted molar refractivity (Wildman–Crippen MR) is 34.6 cm³/mol. The van der Waals surface area contributed by atoms with Crippen LogP contribution in [0.5, 0.6) is 0 Å². The minimum atomic E-state index is -0.401. The number of ketones is 1. The highest BCUT2D eigenvalue weighted by molar-refractivity contribution is 5.94. The molecule has 0 N–H and O–H groups in total. The van der Waals surface area contributed by atoms with Crippen LogP contribution in [0.4, 0.5) is 4.79 Å². The molecule has 1 amide bonds. The van der Waals surface area contributed by atoms with Gasteiger partial charge >= 0.3 is 6.09 Å². The van der Waals surface area contributed by atoms with Crippen molar-refractivity contribution in [3.8, 4) is 0 Å². The van der Waals surface area contributed by atoms with E-state index in [4.69, 9.17) is 4.84 Å². The molecule has 0 atom stereocenters. The maximum absolute atomic E-state index is 10.9. The monoisotopic (exact) mass is 156 g/mol. The fourth-order valence-electron chi connectivity index (χ4n) is 0.809. The molecule has 2 saturated heterocycles. The molecule has 0 aromatic rings. The summed E-state index contributed by atoms with van der Waals surface area (Å²) in [6.45, 7) is 2.06. The first-order valence-electron chi connectivity index (χ1n) is 3.49. The highest BCUT2D eigenvalue weighted by Crippen LogP contribution is 2.10. The van der Waals surface area contributed by atoms with Gasteiger partial charge in [-0.3, -0.25) is 9.69 Å². The van der Waals surface area contributed by atoms with Crippen LogP contribution in [0.25, 0.3) is 0 Å². The van der Waals surface area contributed by atoms with Crippen LogP contribution in [-0.4, -0.2) is 48.0 Å². The van der Waals surface area contributed by atoms with Crippen molar-refractivity contribution in [1.82, 2.24) is 9.96 Å². The molecule has 2 fully saturated rings. The summed E-state index contributed by atoms with van der Waals surface area (Å²) in [7, 11) is 0. The molecule has 2 aliphatic heterocycles. The summed E-state index contributed by atoms with van der Waals surface area (Å²) in [6.07, 6.45) is -0.401. The third-order valence-corrected chi connectivity index (χ3v) is 1.61. The number of carbonyl (C=O) groups excluding carboxylic acids is 2. The summed E-state index contributed by atoms with van der Waals surface area (Å²) in [4.78, 5) is 27.5. The number of carbonyl (C=O) groups is 2. The fourth-order valence-corrected chi connectivity index (χ4v) is 0.809. The van der Waals surface area contributed by atoms with Gasteiger partial charge in [-0.1, -0.05) is 0 Å². The van der Waals surface area contributed by atoms with Crippen LogP contribution in [0.15, 0.2) is 0 Å². The molecule has 11 heavy (non-hydrogen) atoms. The van der Waals surface area contributed by atoms with E-state index < -0.39 is 6.09 Å².